The molecule has 1 nitrogen and oxygen atoms in total. The Balaban J connectivity index is 1.81. The van der Waals surface area contributed by atoms with Gasteiger partial charge in [-0.2, -0.15) is 0 Å². The summed E-state index contributed by atoms with van der Waals surface area (Å²) in [6.07, 6.45) is 27.5. The molecule has 126 valence electrons. The van der Waals surface area contributed by atoms with Crippen molar-refractivity contribution in [3.8, 4) is 0 Å². The van der Waals surface area contributed by atoms with Crippen LogP contribution in [0.5, 0.6) is 0 Å². The molecule has 0 N–H and O–H groups in total. The number of ether oxygens (including phenoxy) is 1. The topological polar surface area (TPSA) is 12.5 Å². The fourth-order valence-electron chi connectivity index (χ4n) is 2.92. The molecule has 1 heterocycles. The first-order valence-electron chi connectivity index (χ1n) is 9.48. The number of hydrogen-bond donors (Lipinski definition) is 0. The Bertz CT molecular complexity index is 316. The van der Waals surface area contributed by atoms with Crippen molar-refractivity contribution in [2.45, 2.75) is 96.2 Å². The SMILES string of the molecule is C=C/C=C\C=C/CC[C@@H]1O[C@@H]1CCCCCCCCCCC. The van der Waals surface area contributed by atoms with Gasteiger partial charge in [0, 0.05) is 0 Å². The van der Waals surface area contributed by atoms with E-state index in [0.717, 1.165) is 6.42 Å². The Morgan fingerprint density at radius 1 is 0.773 bits per heavy atom. The molecule has 0 radical (unpaired) electrons. The Hall–Kier alpha value is -0.820. The molecule has 0 saturated carbocycles. The lowest BCUT2D eigenvalue weighted by Gasteiger charge is -2.01. The van der Waals surface area contributed by atoms with Crippen LogP contribution in [0.15, 0.2) is 37.0 Å². The first kappa shape index (κ1) is 19.2. The second-order valence-corrected chi connectivity index (χ2v) is 6.46. The molecule has 0 aromatic carbocycles. The number of hydrogen-bond acceptors (Lipinski definition) is 1. The van der Waals surface area contributed by atoms with E-state index < -0.39 is 0 Å². The molecule has 1 rings (SSSR count). The lowest BCUT2D eigenvalue weighted by Crippen LogP contribution is -1.93. The summed E-state index contributed by atoms with van der Waals surface area (Å²) in [5, 5.41) is 0. The Morgan fingerprint density at radius 3 is 2.09 bits per heavy atom. The normalized spacial score (nSPS) is 21.0. The van der Waals surface area contributed by atoms with Crippen molar-refractivity contribution < 1.29 is 4.74 Å². The van der Waals surface area contributed by atoms with Gasteiger partial charge in [-0.05, 0) is 19.3 Å². The molecule has 1 saturated heterocycles. The lowest BCUT2D eigenvalue weighted by atomic mass is 10.0. The Morgan fingerprint density at radius 2 is 1.41 bits per heavy atom. The van der Waals surface area contributed by atoms with Gasteiger partial charge >= 0.3 is 0 Å². The number of rotatable bonds is 15. The average molecular weight is 305 g/mol. The highest BCUT2D eigenvalue weighted by molar-refractivity contribution is 5.08. The van der Waals surface area contributed by atoms with Crippen molar-refractivity contribution in [3.05, 3.63) is 37.0 Å². The van der Waals surface area contributed by atoms with Gasteiger partial charge in [0.2, 0.25) is 0 Å². The summed E-state index contributed by atoms with van der Waals surface area (Å²) in [5.41, 5.74) is 0. The fourth-order valence-corrected chi connectivity index (χ4v) is 2.92. The van der Waals surface area contributed by atoms with Gasteiger partial charge in [-0.3, -0.25) is 0 Å². The van der Waals surface area contributed by atoms with E-state index >= 15 is 0 Å². The van der Waals surface area contributed by atoms with Gasteiger partial charge in [0.25, 0.3) is 0 Å². The zero-order chi connectivity index (χ0) is 15.9. The van der Waals surface area contributed by atoms with Crippen molar-refractivity contribution >= 4 is 0 Å². The van der Waals surface area contributed by atoms with E-state index in [1.165, 1.54) is 70.6 Å². The van der Waals surface area contributed by atoms with E-state index in [1.54, 1.807) is 6.08 Å². The first-order valence-corrected chi connectivity index (χ1v) is 9.48. The van der Waals surface area contributed by atoms with E-state index in [4.69, 9.17) is 4.74 Å². The van der Waals surface area contributed by atoms with Crippen molar-refractivity contribution in [2.24, 2.45) is 0 Å². The lowest BCUT2D eigenvalue weighted by molar-refractivity contribution is 0.352. The predicted octanol–water partition coefficient (Wildman–Crippen LogP) is 6.75. The second-order valence-electron chi connectivity index (χ2n) is 6.46. The molecule has 0 aliphatic carbocycles. The van der Waals surface area contributed by atoms with Crippen LogP contribution in [0.3, 0.4) is 0 Å². The van der Waals surface area contributed by atoms with E-state index in [1.807, 2.05) is 12.2 Å². The van der Waals surface area contributed by atoms with Crippen molar-refractivity contribution in [3.63, 3.8) is 0 Å². The summed E-state index contributed by atoms with van der Waals surface area (Å²) in [4.78, 5) is 0. The van der Waals surface area contributed by atoms with Crippen LogP contribution < -0.4 is 0 Å². The molecule has 0 unspecified atom stereocenters. The van der Waals surface area contributed by atoms with Gasteiger partial charge < -0.3 is 4.74 Å². The standard InChI is InChI=1S/C21H36O/c1-3-5-7-9-11-12-13-15-17-19-21-20(22-21)18-16-14-10-8-6-4-2/h4,6,8,10,14,20-21H,2-3,5,7,9,11-13,15-19H2,1H3/b8-6-,14-10-/t20-,21+/m0/s1. The molecule has 0 aromatic rings. The first-order chi connectivity index (χ1) is 10.9. The number of epoxide rings is 1. The smallest absolute Gasteiger partial charge is 0.0844 e. The number of allylic oxidation sites excluding steroid dienone is 5. The molecule has 1 fully saturated rings. The summed E-state index contributed by atoms with van der Waals surface area (Å²) in [6, 6.07) is 0. The van der Waals surface area contributed by atoms with Gasteiger partial charge in [0.1, 0.15) is 0 Å². The molecule has 0 bridgehead atoms. The molecule has 1 aliphatic heterocycles. The van der Waals surface area contributed by atoms with Crippen LogP contribution in [0.2, 0.25) is 0 Å². The highest BCUT2D eigenvalue weighted by Crippen LogP contribution is 2.31. The van der Waals surface area contributed by atoms with Crippen molar-refractivity contribution in [1.29, 1.82) is 0 Å². The highest BCUT2D eigenvalue weighted by atomic mass is 16.6. The third kappa shape index (κ3) is 10.8. The molecular formula is C21H36O. The van der Waals surface area contributed by atoms with Crippen LogP contribution in [0, 0.1) is 0 Å². The molecule has 0 aromatic heterocycles. The Kier molecular flexibility index (Phi) is 12.1. The van der Waals surface area contributed by atoms with Crippen molar-refractivity contribution in [1.82, 2.24) is 0 Å². The largest absolute Gasteiger partial charge is 0.370 e. The van der Waals surface area contributed by atoms with E-state index in [2.05, 4.69) is 25.7 Å². The third-order valence-electron chi connectivity index (χ3n) is 4.39. The Labute approximate surface area is 138 Å². The van der Waals surface area contributed by atoms with Crippen LogP contribution in [-0.2, 0) is 4.74 Å². The third-order valence-corrected chi connectivity index (χ3v) is 4.39. The van der Waals surface area contributed by atoms with E-state index in [9.17, 15) is 0 Å². The van der Waals surface area contributed by atoms with Crippen molar-refractivity contribution in [2.75, 3.05) is 0 Å². The summed E-state index contributed by atoms with van der Waals surface area (Å²) in [6.45, 7) is 5.93. The molecule has 0 spiro atoms. The molecular weight excluding hydrogens is 268 g/mol. The maximum absolute atomic E-state index is 5.75. The fraction of sp³-hybridized carbons (Fsp3) is 0.714. The minimum atomic E-state index is 0.544. The minimum absolute atomic E-state index is 0.544. The van der Waals surface area contributed by atoms with E-state index in [-0.39, 0.29) is 0 Å². The summed E-state index contributed by atoms with van der Waals surface area (Å²) < 4.78 is 5.75. The van der Waals surface area contributed by atoms with Gasteiger partial charge in [-0.15, -0.1) is 0 Å². The quantitative estimate of drug-likeness (QED) is 0.185. The summed E-state index contributed by atoms with van der Waals surface area (Å²) in [5.74, 6) is 0. The molecule has 1 heteroatoms. The summed E-state index contributed by atoms with van der Waals surface area (Å²) in [7, 11) is 0. The van der Waals surface area contributed by atoms with E-state index in [0.29, 0.717) is 12.2 Å². The molecule has 2 atom stereocenters. The van der Waals surface area contributed by atoms with Crippen LogP contribution in [-0.4, -0.2) is 12.2 Å². The molecule has 22 heavy (non-hydrogen) atoms. The van der Waals surface area contributed by atoms with Gasteiger partial charge in [0.15, 0.2) is 0 Å². The van der Waals surface area contributed by atoms with Crippen LogP contribution in [0.1, 0.15) is 84.0 Å². The van der Waals surface area contributed by atoms with Gasteiger partial charge in [-0.1, -0.05) is 102 Å². The zero-order valence-corrected chi connectivity index (χ0v) is 14.6. The zero-order valence-electron chi connectivity index (χ0n) is 14.6. The van der Waals surface area contributed by atoms with Crippen LogP contribution in [0.4, 0.5) is 0 Å². The highest BCUT2D eigenvalue weighted by Gasteiger charge is 2.36. The van der Waals surface area contributed by atoms with Gasteiger partial charge in [0.05, 0.1) is 12.2 Å². The van der Waals surface area contributed by atoms with Gasteiger partial charge in [-0.25, -0.2) is 0 Å². The van der Waals surface area contributed by atoms with Crippen LogP contribution >= 0.6 is 0 Å². The number of unbranched alkanes of at least 4 members (excludes halogenated alkanes) is 8. The maximum Gasteiger partial charge on any atom is 0.0844 e. The monoisotopic (exact) mass is 304 g/mol. The average Bonchev–Trinajstić information content (AvgIpc) is 3.27. The maximum atomic E-state index is 5.75. The molecule has 1 aliphatic rings. The second kappa shape index (κ2) is 13.8. The predicted molar refractivity (Wildman–Crippen MR) is 98.2 cm³/mol. The summed E-state index contributed by atoms with van der Waals surface area (Å²) >= 11 is 0. The minimum Gasteiger partial charge on any atom is -0.370 e. The molecule has 0 amide bonds. The van der Waals surface area contributed by atoms with Crippen LogP contribution in [0.25, 0.3) is 0 Å².